The van der Waals surface area contributed by atoms with E-state index in [2.05, 4.69) is 15.0 Å². The zero-order chi connectivity index (χ0) is 15.8. The first kappa shape index (κ1) is 13.7. The van der Waals surface area contributed by atoms with Gasteiger partial charge in [-0.05, 0) is 18.2 Å². The predicted molar refractivity (Wildman–Crippen MR) is 86.1 cm³/mol. The Labute approximate surface area is 132 Å². The lowest BCUT2D eigenvalue weighted by molar-refractivity contribution is 0.278. The van der Waals surface area contributed by atoms with Crippen LogP contribution >= 0.6 is 0 Å². The van der Waals surface area contributed by atoms with Crippen LogP contribution in [0.5, 0.6) is 0 Å². The number of hydrogen-bond acceptors (Lipinski definition) is 4. The second-order valence-corrected chi connectivity index (χ2v) is 5.32. The van der Waals surface area contributed by atoms with E-state index < -0.39 is 0 Å². The molecule has 0 aliphatic rings. The van der Waals surface area contributed by atoms with Gasteiger partial charge in [-0.15, -0.1) is 0 Å². The van der Waals surface area contributed by atoms with E-state index in [9.17, 15) is 0 Å². The van der Waals surface area contributed by atoms with Crippen molar-refractivity contribution in [3.63, 3.8) is 0 Å². The number of benzene rings is 1. The number of nitrogens with zero attached hydrogens (tertiary/aromatic N) is 6. The van der Waals surface area contributed by atoms with Crippen LogP contribution in [0.15, 0.2) is 49.3 Å². The third-order valence-corrected chi connectivity index (χ3v) is 3.89. The van der Waals surface area contributed by atoms with Crippen molar-refractivity contribution >= 4 is 11.0 Å². The maximum Gasteiger partial charge on any atom is 0.181 e. The molecule has 0 radical (unpaired) electrons. The van der Waals surface area contributed by atoms with Crippen LogP contribution in [-0.2, 0) is 13.6 Å². The molecule has 0 amide bonds. The molecule has 0 unspecified atom stereocenters. The van der Waals surface area contributed by atoms with Gasteiger partial charge in [0.2, 0.25) is 0 Å². The third-order valence-electron chi connectivity index (χ3n) is 3.89. The third kappa shape index (κ3) is 2.22. The normalized spacial score (nSPS) is 11.4. The lowest BCUT2D eigenvalue weighted by atomic mass is 10.2. The zero-order valence-electron chi connectivity index (χ0n) is 12.7. The highest BCUT2D eigenvalue weighted by Gasteiger charge is 2.13. The smallest absolute Gasteiger partial charge is 0.181 e. The first-order chi connectivity index (χ1) is 11.3. The average Bonchev–Trinajstić information content (AvgIpc) is 3.26. The van der Waals surface area contributed by atoms with E-state index in [1.165, 1.54) is 0 Å². The van der Waals surface area contributed by atoms with Gasteiger partial charge in [0.25, 0.3) is 0 Å². The summed E-state index contributed by atoms with van der Waals surface area (Å²) in [6.07, 6.45) is 9.08. The first-order valence-electron chi connectivity index (χ1n) is 7.35. The van der Waals surface area contributed by atoms with Crippen LogP contribution in [0.3, 0.4) is 0 Å². The fourth-order valence-electron chi connectivity index (χ4n) is 2.75. The van der Waals surface area contributed by atoms with E-state index in [1.54, 1.807) is 18.7 Å². The largest absolute Gasteiger partial charge is 0.395 e. The molecule has 0 saturated carbocycles. The van der Waals surface area contributed by atoms with Gasteiger partial charge in [-0.3, -0.25) is 4.57 Å². The predicted octanol–water partition coefficient (Wildman–Crippen LogP) is 1.61. The SMILES string of the molecule is Cn1ccnc1-c1nccn1-c1ccc2c(c1)ncn2CCO. The number of aryl methyl sites for hydroxylation is 1. The minimum atomic E-state index is 0.0953. The quantitative estimate of drug-likeness (QED) is 0.621. The molecule has 1 aromatic carbocycles. The topological polar surface area (TPSA) is 73.7 Å². The summed E-state index contributed by atoms with van der Waals surface area (Å²) < 4.78 is 5.87. The molecule has 3 aromatic heterocycles. The minimum Gasteiger partial charge on any atom is -0.395 e. The molecular formula is C16H16N6O. The molecule has 7 heteroatoms. The van der Waals surface area contributed by atoms with Gasteiger partial charge in [0.15, 0.2) is 11.6 Å². The van der Waals surface area contributed by atoms with Crippen LogP contribution in [0, 0.1) is 0 Å². The molecular weight excluding hydrogens is 292 g/mol. The van der Waals surface area contributed by atoms with E-state index >= 15 is 0 Å². The van der Waals surface area contributed by atoms with Gasteiger partial charge in [0.1, 0.15) is 0 Å². The van der Waals surface area contributed by atoms with Crippen LogP contribution in [0.4, 0.5) is 0 Å². The maximum absolute atomic E-state index is 9.10. The monoisotopic (exact) mass is 308 g/mol. The Hall–Kier alpha value is -2.93. The molecule has 3 heterocycles. The second-order valence-electron chi connectivity index (χ2n) is 5.32. The number of aliphatic hydroxyl groups is 1. The molecule has 4 rings (SSSR count). The minimum absolute atomic E-state index is 0.0953. The summed E-state index contributed by atoms with van der Waals surface area (Å²) >= 11 is 0. The number of hydrogen-bond donors (Lipinski definition) is 1. The van der Waals surface area contributed by atoms with Crippen molar-refractivity contribution in [3.8, 4) is 17.3 Å². The van der Waals surface area contributed by atoms with Gasteiger partial charge in [0.05, 0.1) is 24.0 Å². The van der Waals surface area contributed by atoms with Crippen LogP contribution in [0.1, 0.15) is 0 Å². The highest BCUT2D eigenvalue weighted by Crippen LogP contribution is 2.22. The standard InChI is InChI=1S/C16H16N6O/c1-20-6-4-17-15(20)16-18-5-7-22(16)12-2-3-14-13(10-12)19-11-21(14)8-9-23/h2-7,10-11,23H,8-9H2,1H3. The fourth-order valence-corrected chi connectivity index (χ4v) is 2.75. The number of aromatic nitrogens is 6. The fraction of sp³-hybridized carbons (Fsp3) is 0.188. The summed E-state index contributed by atoms with van der Waals surface area (Å²) in [7, 11) is 1.95. The summed E-state index contributed by atoms with van der Waals surface area (Å²) in [4.78, 5) is 13.2. The molecule has 7 nitrogen and oxygen atoms in total. The van der Waals surface area contributed by atoms with Crippen molar-refractivity contribution in [2.45, 2.75) is 6.54 Å². The molecule has 1 N–H and O–H groups in total. The van der Waals surface area contributed by atoms with Gasteiger partial charge >= 0.3 is 0 Å². The first-order valence-corrected chi connectivity index (χ1v) is 7.35. The highest BCUT2D eigenvalue weighted by atomic mass is 16.3. The Kier molecular flexibility index (Phi) is 3.20. The summed E-state index contributed by atoms with van der Waals surface area (Å²) in [6, 6.07) is 6.04. The van der Waals surface area contributed by atoms with Crippen molar-refractivity contribution in [2.24, 2.45) is 7.05 Å². The molecule has 0 atom stereocenters. The van der Waals surface area contributed by atoms with Gasteiger partial charge in [-0.25, -0.2) is 15.0 Å². The molecule has 0 saturated heterocycles. The van der Waals surface area contributed by atoms with E-state index in [-0.39, 0.29) is 6.61 Å². The van der Waals surface area contributed by atoms with Crippen LogP contribution in [0.2, 0.25) is 0 Å². The Morgan fingerprint density at radius 3 is 2.65 bits per heavy atom. The van der Waals surface area contributed by atoms with Gasteiger partial charge in [-0.2, -0.15) is 0 Å². The zero-order valence-corrected chi connectivity index (χ0v) is 12.7. The van der Waals surface area contributed by atoms with Crippen LogP contribution in [-0.4, -0.2) is 40.4 Å². The summed E-state index contributed by atoms with van der Waals surface area (Å²) in [6.45, 7) is 0.636. The molecule has 0 aliphatic heterocycles. The molecule has 0 spiro atoms. The average molecular weight is 308 g/mol. The van der Waals surface area contributed by atoms with Crippen molar-refractivity contribution in [2.75, 3.05) is 6.61 Å². The Balaban J connectivity index is 1.82. The van der Waals surface area contributed by atoms with Crippen LogP contribution in [0.25, 0.3) is 28.4 Å². The van der Waals surface area contributed by atoms with E-state index in [1.807, 2.05) is 51.3 Å². The summed E-state index contributed by atoms with van der Waals surface area (Å²) in [5.74, 6) is 1.59. The Morgan fingerprint density at radius 1 is 1.04 bits per heavy atom. The lowest BCUT2D eigenvalue weighted by Crippen LogP contribution is -2.02. The van der Waals surface area contributed by atoms with E-state index in [0.717, 1.165) is 28.4 Å². The molecule has 116 valence electrons. The molecule has 0 fully saturated rings. The van der Waals surface area contributed by atoms with Crippen molar-refractivity contribution in [1.82, 2.24) is 28.7 Å². The molecule has 4 aromatic rings. The number of aliphatic hydroxyl groups excluding tert-OH is 1. The second kappa shape index (κ2) is 5.36. The summed E-state index contributed by atoms with van der Waals surface area (Å²) in [5.41, 5.74) is 2.86. The van der Waals surface area contributed by atoms with Gasteiger partial charge < -0.3 is 14.2 Å². The van der Waals surface area contributed by atoms with Crippen molar-refractivity contribution in [1.29, 1.82) is 0 Å². The number of fused-ring (bicyclic) bond motifs is 1. The maximum atomic E-state index is 9.10. The molecule has 0 bridgehead atoms. The molecule has 0 aliphatic carbocycles. The van der Waals surface area contributed by atoms with Crippen molar-refractivity contribution in [3.05, 3.63) is 49.3 Å². The van der Waals surface area contributed by atoms with E-state index in [4.69, 9.17) is 5.11 Å². The van der Waals surface area contributed by atoms with E-state index in [0.29, 0.717) is 6.54 Å². The highest BCUT2D eigenvalue weighted by molar-refractivity contribution is 5.78. The number of imidazole rings is 3. The summed E-state index contributed by atoms with van der Waals surface area (Å²) in [5, 5.41) is 9.10. The molecule has 23 heavy (non-hydrogen) atoms. The van der Waals surface area contributed by atoms with Gasteiger partial charge in [-0.1, -0.05) is 0 Å². The lowest BCUT2D eigenvalue weighted by Gasteiger charge is -2.08. The Morgan fingerprint density at radius 2 is 1.87 bits per heavy atom. The van der Waals surface area contributed by atoms with Gasteiger partial charge in [0, 0.05) is 44.1 Å². The number of rotatable bonds is 4. The van der Waals surface area contributed by atoms with Crippen LogP contribution < -0.4 is 0 Å². The van der Waals surface area contributed by atoms with Crippen molar-refractivity contribution < 1.29 is 5.11 Å². The Bertz CT molecular complexity index is 964.